The molecule has 0 bridgehead atoms. The lowest BCUT2D eigenvalue weighted by Gasteiger charge is -2.04. The number of nitrogens with zero attached hydrogens (tertiary/aromatic N) is 1. The minimum Gasteiger partial charge on any atom is -0.477 e. The van der Waals surface area contributed by atoms with Gasteiger partial charge in [-0.3, -0.25) is 4.39 Å². The highest BCUT2D eigenvalue weighted by atomic mass is 79.9. The molecule has 4 heteroatoms. The number of alkyl halides is 1. The number of halogens is 2. The van der Waals surface area contributed by atoms with Gasteiger partial charge in [0, 0.05) is 12.6 Å². The van der Waals surface area contributed by atoms with E-state index < -0.39 is 0 Å². The van der Waals surface area contributed by atoms with Gasteiger partial charge in [-0.25, -0.2) is 4.98 Å². The maximum absolute atomic E-state index is 11.7. The van der Waals surface area contributed by atoms with E-state index in [0.717, 1.165) is 4.47 Å². The highest BCUT2D eigenvalue weighted by Gasteiger charge is 1.99. The van der Waals surface area contributed by atoms with Crippen molar-refractivity contribution in [3.8, 4) is 5.88 Å². The summed E-state index contributed by atoms with van der Waals surface area (Å²) in [6.45, 7) is 0.0105. The molecule has 0 amide bonds. The van der Waals surface area contributed by atoms with E-state index in [1.165, 1.54) is 0 Å². The molecule has 0 atom stereocenters. The van der Waals surface area contributed by atoms with Crippen molar-refractivity contribution < 1.29 is 9.13 Å². The Hall–Kier alpha value is -0.640. The largest absolute Gasteiger partial charge is 0.477 e. The zero-order valence-corrected chi connectivity index (χ0v) is 8.05. The van der Waals surface area contributed by atoms with Crippen LogP contribution >= 0.6 is 15.9 Å². The first-order valence-electron chi connectivity index (χ1n) is 3.64. The molecule has 0 fully saturated rings. The first-order valence-corrected chi connectivity index (χ1v) is 4.43. The van der Waals surface area contributed by atoms with E-state index in [4.69, 9.17) is 4.74 Å². The lowest BCUT2D eigenvalue weighted by Crippen LogP contribution is -1.99. The number of pyridine rings is 1. The van der Waals surface area contributed by atoms with Crippen LogP contribution in [0.2, 0.25) is 0 Å². The monoisotopic (exact) mass is 233 g/mol. The van der Waals surface area contributed by atoms with Crippen LogP contribution in [0, 0.1) is 0 Å². The number of aromatic nitrogens is 1. The smallest absolute Gasteiger partial charge is 0.227 e. The summed E-state index contributed by atoms with van der Waals surface area (Å²) in [7, 11) is 0. The van der Waals surface area contributed by atoms with Crippen LogP contribution in [0.25, 0.3) is 0 Å². The van der Waals surface area contributed by atoms with Crippen LogP contribution in [0.15, 0.2) is 22.8 Å². The predicted octanol–water partition coefficient (Wildman–Crippen LogP) is 2.58. The van der Waals surface area contributed by atoms with Gasteiger partial charge < -0.3 is 4.74 Å². The molecule has 0 N–H and O–H groups in total. The van der Waals surface area contributed by atoms with Gasteiger partial charge >= 0.3 is 0 Å². The Morgan fingerprint density at radius 2 is 2.42 bits per heavy atom. The summed E-state index contributed by atoms with van der Waals surface area (Å²) in [4.78, 5) is 3.96. The fourth-order valence-electron chi connectivity index (χ4n) is 0.701. The van der Waals surface area contributed by atoms with Crippen LogP contribution in [-0.2, 0) is 0 Å². The maximum Gasteiger partial charge on any atom is 0.227 e. The highest BCUT2D eigenvalue weighted by Crippen LogP contribution is 2.20. The van der Waals surface area contributed by atoms with Gasteiger partial charge in [-0.05, 0) is 28.1 Å². The molecule has 0 saturated heterocycles. The second kappa shape index (κ2) is 5.09. The average molecular weight is 234 g/mol. The van der Waals surface area contributed by atoms with Gasteiger partial charge in [0.25, 0.3) is 0 Å². The Balaban J connectivity index is 2.46. The fraction of sp³-hybridized carbons (Fsp3) is 0.375. The molecular formula is C8H9BrFNO. The number of ether oxygens (including phenoxy) is 1. The predicted molar refractivity (Wildman–Crippen MR) is 48.0 cm³/mol. The molecule has 1 heterocycles. The van der Waals surface area contributed by atoms with E-state index in [1.807, 2.05) is 6.07 Å². The van der Waals surface area contributed by atoms with Crippen LogP contribution < -0.4 is 4.74 Å². The lowest BCUT2D eigenvalue weighted by molar-refractivity contribution is 0.278. The van der Waals surface area contributed by atoms with Crippen molar-refractivity contribution in [3.05, 3.63) is 22.8 Å². The Morgan fingerprint density at radius 1 is 1.58 bits per heavy atom. The number of rotatable bonds is 4. The number of hydrogen-bond donors (Lipinski definition) is 0. The molecule has 1 aromatic heterocycles. The third-order valence-electron chi connectivity index (χ3n) is 1.24. The van der Waals surface area contributed by atoms with E-state index in [2.05, 4.69) is 20.9 Å². The molecule has 0 aliphatic heterocycles. The first-order chi connectivity index (χ1) is 5.84. The normalized spacial score (nSPS) is 9.83. The molecule has 0 aromatic carbocycles. The van der Waals surface area contributed by atoms with Gasteiger partial charge in [-0.15, -0.1) is 0 Å². The summed E-state index contributed by atoms with van der Waals surface area (Å²) in [5.74, 6) is 0.519. The summed E-state index contributed by atoms with van der Waals surface area (Å²) in [6, 6.07) is 3.63. The van der Waals surface area contributed by atoms with Crippen molar-refractivity contribution in [1.29, 1.82) is 0 Å². The standard InChI is InChI=1S/C8H9BrFNO/c9-7-3-1-5-11-8(7)12-6-2-4-10/h1,3,5H,2,4,6H2. The van der Waals surface area contributed by atoms with Gasteiger partial charge in [0.1, 0.15) is 0 Å². The molecule has 1 rings (SSSR count). The van der Waals surface area contributed by atoms with Crippen molar-refractivity contribution in [1.82, 2.24) is 4.98 Å². The summed E-state index contributed by atoms with van der Waals surface area (Å²) in [5, 5.41) is 0. The van der Waals surface area contributed by atoms with E-state index in [0.29, 0.717) is 18.9 Å². The summed E-state index contributed by atoms with van der Waals surface area (Å²) in [6.07, 6.45) is 2.04. The average Bonchev–Trinajstić information content (AvgIpc) is 2.09. The van der Waals surface area contributed by atoms with Crippen molar-refractivity contribution in [2.24, 2.45) is 0 Å². The van der Waals surface area contributed by atoms with Crippen molar-refractivity contribution in [2.75, 3.05) is 13.3 Å². The molecule has 0 aliphatic carbocycles. The summed E-state index contributed by atoms with van der Waals surface area (Å²) < 4.78 is 17.7. The molecule has 1 aromatic rings. The molecule has 0 aliphatic rings. The highest BCUT2D eigenvalue weighted by molar-refractivity contribution is 9.10. The molecule has 0 unspecified atom stereocenters. The first kappa shape index (κ1) is 9.45. The Labute approximate surface area is 78.9 Å². The Kier molecular flexibility index (Phi) is 4.00. The van der Waals surface area contributed by atoms with E-state index >= 15 is 0 Å². The van der Waals surface area contributed by atoms with Gasteiger partial charge in [0.05, 0.1) is 17.8 Å². The molecule has 0 spiro atoms. The van der Waals surface area contributed by atoms with Crippen LogP contribution in [0.1, 0.15) is 6.42 Å². The molecule has 66 valence electrons. The molecular weight excluding hydrogens is 225 g/mol. The Morgan fingerprint density at radius 3 is 3.08 bits per heavy atom. The zero-order chi connectivity index (χ0) is 8.81. The van der Waals surface area contributed by atoms with Crippen molar-refractivity contribution >= 4 is 15.9 Å². The molecule has 0 radical (unpaired) electrons. The lowest BCUT2D eigenvalue weighted by atomic mass is 10.5. The van der Waals surface area contributed by atoms with E-state index in [9.17, 15) is 4.39 Å². The molecule has 0 saturated carbocycles. The second-order valence-corrected chi connectivity index (χ2v) is 3.04. The van der Waals surface area contributed by atoms with Crippen molar-refractivity contribution in [2.45, 2.75) is 6.42 Å². The van der Waals surface area contributed by atoms with Crippen LogP contribution in [0.4, 0.5) is 4.39 Å². The third-order valence-corrected chi connectivity index (χ3v) is 1.84. The van der Waals surface area contributed by atoms with E-state index in [-0.39, 0.29) is 6.67 Å². The minimum absolute atomic E-state index is 0.357. The fourth-order valence-corrected chi connectivity index (χ4v) is 1.07. The van der Waals surface area contributed by atoms with Crippen LogP contribution in [0.5, 0.6) is 5.88 Å². The number of hydrogen-bond acceptors (Lipinski definition) is 2. The summed E-state index contributed by atoms with van der Waals surface area (Å²) in [5.41, 5.74) is 0. The van der Waals surface area contributed by atoms with Gasteiger partial charge in [0.2, 0.25) is 5.88 Å². The topological polar surface area (TPSA) is 22.1 Å². The third kappa shape index (κ3) is 2.77. The second-order valence-electron chi connectivity index (χ2n) is 2.18. The van der Waals surface area contributed by atoms with E-state index in [1.54, 1.807) is 12.3 Å². The van der Waals surface area contributed by atoms with Gasteiger partial charge in [-0.1, -0.05) is 0 Å². The van der Waals surface area contributed by atoms with Crippen LogP contribution in [0.3, 0.4) is 0 Å². The Bertz CT molecular complexity index is 244. The van der Waals surface area contributed by atoms with Crippen LogP contribution in [-0.4, -0.2) is 18.3 Å². The zero-order valence-electron chi connectivity index (χ0n) is 6.46. The summed E-state index contributed by atoms with van der Waals surface area (Å²) >= 11 is 3.27. The molecule has 12 heavy (non-hydrogen) atoms. The van der Waals surface area contributed by atoms with Gasteiger partial charge in [0.15, 0.2) is 0 Å². The van der Waals surface area contributed by atoms with Crippen molar-refractivity contribution in [3.63, 3.8) is 0 Å². The quantitative estimate of drug-likeness (QED) is 0.747. The molecule has 2 nitrogen and oxygen atoms in total. The SMILES string of the molecule is FCCCOc1ncccc1Br. The maximum atomic E-state index is 11.7. The van der Waals surface area contributed by atoms with Gasteiger partial charge in [-0.2, -0.15) is 0 Å². The minimum atomic E-state index is -0.357.